The van der Waals surface area contributed by atoms with Gasteiger partial charge in [-0.25, -0.2) is 8.42 Å². The van der Waals surface area contributed by atoms with E-state index in [9.17, 15) is 13.5 Å². The number of aromatic hydroxyl groups is 1. The molecule has 3 aromatic carbocycles. The molecule has 1 N–H and O–H groups in total. The number of hydrogen-bond donors (Lipinski definition) is 1. The van der Waals surface area contributed by atoms with Gasteiger partial charge in [-0.3, -0.25) is 4.31 Å². The maximum Gasteiger partial charge on any atom is 0.232 e. The van der Waals surface area contributed by atoms with Crippen LogP contribution in [0.15, 0.2) is 59.1 Å². The highest BCUT2D eigenvalue weighted by Crippen LogP contribution is 2.43. The highest BCUT2D eigenvalue weighted by Gasteiger charge is 2.21. The number of phenols is 1. The van der Waals surface area contributed by atoms with Gasteiger partial charge < -0.3 is 5.11 Å². The van der Waals surface area contributed by atoms with Gasteiger partial charge in [0, 0.05) is 22.5 Å². The van der Waals surface area contributed by atoms with E-state index in [0.717, 1.165) is 21.7 Å². The molecule has 0 radical (unpaired) electrons. The molecule has 0 spiro atoms. The Morgan fingerprint density at radius 3 is 2.29 bits per heavy atom. The van der Waals surface area contributed by atoms with Crippen molar-refractivity contribution in [2.45, 2.75) is 0 Å². The summed E-state index contributed by atoms with van der Waals surface area (Å²) in [5.74, 6) is 0.0703. The number of phenolic OH excluding ortho intramolecular Hbond substituents is 1. The highest BCUT2D eigenvalue weighted by atomic mass is 79.9. The van der Waals surface area contributed by atoms with Gasteiger partial charge in [-0.1, -0.05) is 52.3 Å². The molecular weight excluding hydrogens is 390 g/mol. The molecule has 0 heterocycles. The number of fused-ring (bicyclic) bond motifs is 1. The van der Waals surface area contributed by atoms with Crippen LogP contribution >= 0.6 is 15.9 Å². The molecule has 0 unspecified atom stereocenters. The van der Waals surface area contributed by atoms with E-state index >= 15 is 0 Å². The van der Waals surface area contributed by atoms with Gasteiger partial charge in [-0.05, 0) is 29.1 Å². The molecule has 0 aliphatic heterocycles. The van der Waals surface area contributed by atoms with Crippen molar-refractivity contribution in [1.29, 1.82) is 0 Å². The standard InChI is InChI=1S/C18H16BrNO3S/c1-20(24(2,22)23)16-11-13-5-3-4-6-15(13)18(21)17(16)12-7-9-14(19)10-8-12/h3-11,21H,1-2H3. The monoisotopic (exact) mass is 405 g/mol. The molecule has 124 valence electrons. The molecule has 0 bridgehead atoms. The summed E-state index contributed by atoms with van der Waals surface area (Å²) in [5, 5.41) is 12.3. The second-order valence-electron chi connectivity index (χ2n) is 5.58. The minimum Gasteiger partial charge on any atom is -0.507 e. The molecular formula is C18H16BrNO3S. The Bertz CT molecular complexity index is 1010. The van der Waals surface area contributed by atoms with E-state index in [1.165, 1.54) is 11.4 Å². The van der Waals surface area contributed by atoms with E-state index < -0.39 is 10.0 Å². The third-order valence-corrected chi connectivity index (χ3v) is 5.69. The largest absolute Gasteiger partial charge is 0.507 e. The van der Waals surface area contributed by atoms with Crippen LogP contribution in [0.1, 0.15) is 0 Å². The first-order chi connectivity index (χ1) is 11.3. The molecule has 3 aromatic rings. The van der Waals surface area contributed by atoms with E-state index in [4.69, 9.17) is 0 Å². The fourth-order valence-electron chi connectivity index (χ4n) is 2.64. The molecule has 24 heavy (non-hydrogen) atoms. The number of rotatable bonds is 3. The molecule has 0 amide bonds. The van der Waals surface area contributed by atoms with Crippen molar-refractivity contribution in [1.82, 2.24) is 0 Å². The normalized spacial score (nSPS) is 11.6. The quantitative estimate of drug-likeness (QED) is 0.703. The highest BCUT2D eigenvalue weighted by molar-refractivity contribution is 9.10. The first-order valence-corrected chi connectivity index (χ1v) is 9.87. The molecule has 0 atom stereocenters. The maximum atomic E-state index is 12.1. The van der Waals surface area contributed by atoms with Crippen molar-refractivity contribution in [3.8, 4) is 16.9 Å². The van der Waals surface area contributed by atoms with Gasteiger partial charge in [-0.2, -0.15) is 0 Å². The molecule has 0 saturated carbocycles. The molecule has 0 aromatic heterocycles. The summed E-state index contributed by atoms with van der Waals surface area (Å²) in [6.45, 7) is 0. The van der Waals surface area contributed by atoms with Gasteiger partial charge in [0.05, 0.1) is 11.9 Å². The first-order valence-electron chi connectivity index (χ1n) is 7.23. The SMILES string of the molecule is CN(c1cc2ccccc2c(O)c1-c1ccc(Br)cc1)S(C)(=O)=O. The van der Waals surface area contributed by atoms with Crippen molar-refractivity contribution >= 4 is 42.4 Å². The summed E-state index contributed by atoms with van der Waals surface area (Å²) in [6.07, 6.45) is 1.14. The van der Waals surface area contributed by atoms with Crippen LogP contribution in [0.25, 0.3) is 21.9 Å². The molecule has 0 fully saturated rings. The Balaban J connectivity index is 2.39. The zero-order valence-electron chi connectivity index (χ0n) is 13.2. The fourth-order valence-corrected chi connectivity index (χ4v) is 3.41. The third kappa shape index (κ3) is 2.99. The minimum atomic E-state index is -3.47. The molecule has 0 saturated heterocycles. The van der Waals surface area contributed by atoms with Crippen molar-refractivity contribution in [3.63, 3.8) is 0 Å². The summed E-state index contributed by atoms with van der Waals surface area (Å²) < 4.78 is 26.2. The van der Waals surface area contributed by atoms with Crippen LogP contribution in [-0.2, 0) is 10.0 Å². The Hall–Kier alpha value is -2.05. The van der Waals surface area contributed by atoms with Crippen LogP contribution in [0.2, 0.25) is 0 Å². The van der Waals surface area contributed by atoms with E-state index in [1.807, 2.05) is 48.5 Å². The van der Waals surface area contributed by atoms with Gasteiger partial charge in [0.15, 0.2) is 0 Å². The van der Waals surface area contributed by atoms with Crippen LogP contribution in [0, 0.1) is 0 Å². The van der Waals surface area contributed by atoms with E-state index in [-0.39, 0.29) is 5.75 Å². The second-order valence-corrected chi connectivity index (χ2v) is 8.51. The van der Waals surface area contributed by atoms with Crippen LogP contribution in [-0.4, -0.2) is 26.8 Å². The third-order valence-electron chi connectivity index (χ3n) is 3.97. The summed E-state index contributed by atoms with van der Waals surface area (Å²) in [5.41, 5.74) is 1.68. The number of halogens is 1. The predicted molar refractivity (Wildman–Crippen MR) is 102 cm³/mol. The summed E-state index contributed by atoms with van der Waals surface area (Å²) in [6, 6.07) is 16.5. The topological polar surface area (TPSA) is 57.6 Å². The molecule has 3 rings (SSSR count). The van der Waals surface area contributed by atoms with Gasteiger partial charge in [-0.15, -0.1) is 0 Å². The fraction of sp³-hybridized carbons (Fsp3) is 0.111. The number of benzene rings is 3. The number of anilines is 1. The lowest BCUT2D eigenvalue weighted by atomic mass is 9.97. The van der Waals surface area contributed by atoms with Crippen LogP contribution in [0.5, 0.6) is 5.75 Å². The first kappa shape index (κ1) is 16.8. The minimum absolute atomic E-state index is 0.0703. The zero-order chi connectivity index (χ0) is 17.5. The average molecular weight is 406 g/mol. The average Bonchev–Trinajstić information content (AvgIpc) is 2.54. The van der Waals surface area contributed by atoms with Crippen molar-refractivity contribution in [2.24, 2.45) is 0 Å². The summed E-state index contributed by atoms with van der Waals surface area (Å²) in [4.78, 5) is 0. The lowest BCUT2D eigenvalue weighted by Crippen LogP contribution is -2.25. The van der Waals surface area contributed by atoms with Crippen molar-refractivity contribution in [2.75, 3.05) is 17.6 Å². The Morgan fingerprint density at radius 1 is 1.04 bits per heavy atom. The number of sulfonamides is 1. The summed E-state index contributed by atoms with van der Waals surface area (Å²) >= 11 is 3.39. The molecule has 4 nitrogen and oxygen atoms in total. The zero-order valence-corrected chi connectivity index (χ0v) is 15.6. The molecule has 0 aliphatic carbocycles. The smallest absolute Gasteiger partial charge is 0.232 e. The molecule has 0 aliphatic rings. The maximum absolute atomic E-state index is 12.1. The van der Waals surface area contributed by atoms with Crippen LogP contribution < -0.4 is 4.31 Å². The predicted octanol–water partition coefficient (Wildman–Crippen LogP) is 4.37. The van der Waals surface area contributed by atoms with Gasteiger partial charge in [0.25, 0.3) is 0 Å². The second kappa shape index (κ2) is 6.11. The Labute approximate surface area is 149 Å². The van der Waals surface area contributed by atoms with Gasteiger partial charge in [0.2, 0.25) is 10.0 Å². The van der Waals surface area contributed by atoms with E-state index in [1.54, 1.807) is 6.07 Å². The lowest BCUT2D eigenvalue weighted by molar-refractivity contribution is 0.483. The summed E-state index contributed by atoms with van der Waals surface area (Å²) in [7, 11) is -1.98. The van der Waals surface area contributed by atoms with Gasteiger partial charge in [0.1, 0.15) is 5.75 Å². The van der Waals surface area contributed by atoms with Crippen LogP contribution in [0.4, 0.5) is 5.69 Å². The Kier molecular flexibility index (Phi) is 4.27. The van der Waals surface area contributed by atoms with Crippen LogP contribution in [0.3, 0.4) is 0 Å². The number of nitrogens with zero attached hydrogens (tertiary/aromatic N) is 1. The van der Waals surface area contributed by atoms with Gasteiger partial charge >= 0.3 is 0 Å². The molecule has 6 heteroatoms. The van der Waals surface area contributed by atoms with Crippen molar-refractivity contribution in [3.05, 3.63) is 59.1 Å². The van der Waals surface area contributed by atoms with E-state index in [2.05, 4.69) is 15.9 Å². The lowest BCUT2D eigenvalue weighted by Gasteiger charge is -2.22. The number of hydrogen-bond acceptors (Lipinski definition) is 3. The van der Waals surface area contributed by atoms with Crippen molar-refractivity contribution < 1.29 is 13.5 Å². The van der Waals surface area contributed by atoms with E-state index in [0.29, 0.717) is 16.6 Å². The Morgan fingerprint density at radius 2 is 1.67 bits per heavy atom.